The molecular weight excluding hydrogens is 358 g/mol. The molecule has 2 aliphatic rings. The standard InChI is InChI=1S/C21H25N3O4/c1-14-16(15(2)28-22-14)12-20(25)24-13-19(21(26)23-10-6-3-7-11-23)27-18-9-5-4-8-17(18)24/h4-5,8-9,19H,3,6-7,10-13H2,1-2H3/t19-/m1/s1. The van der Waals surface area contributed by atoms with Crippen LogP contribution in [-0.4, -0.2) is 47.6 Å². The fourth-order valence-electron chi connectivity index (χ4n) is 3.92. The van der Waals surface area contributed by atoms with Gasteiger partial charge in [-0.3, -0.25) is 9.59 Å². The molecule has 0 bridgehead atoms. The van der Waals surface area contributed by atoms with E-state index in [1.54, 1.807) is 17.9 Å². The summed E-state index contributed by atoms with van der Waals surface area (Å²) in [6, 6.07) is 7.37. The van der Waals surface area contributed by atoms with Crippen molar-refractivity contribution in [2.75, 3.05) is 24.5 Å². The quantitative estimate of drug-likeness (QED) is 0.814. The number of aryl methyl sites for hydroxylation is 2. The van der Waals surface area contributed by atoms with Gasteiger partial charge in [0, 0.05) is 18.7 Å². The highest BCUT2D eigenvalue weighted by atomic mass is 16.5. The number of hydrogen-bond acceptors (Lipinski definition) is 5. The topological polar surface area (TPSA) is 75.9 Å². The van der Waals surface area contributed by atoms with Gasteiger partial charge in [0.05, 0.1) is 24.3 Å². The number of para-hydroxylation sites is 2. The first kappa shape index (κ1) is 18.5. The lowest BCUT2D eigenvalue weighted by molar-refractivity contribution is -0.139. The van der Waals surface area contributed by atoms with Gasteiger partial charge >= 0.3 is 0 Å². The number of rotatable bonds is 3. The van der Waals surface area contributed by atoms with Gasteiger partial charge in [-0.25, -0.2) is 0 Å². The second-order valence-corrected chi connectivity index (χ2v) is 7.44. The number of benzene rings is 1. The molecule has 4 rings (SSSR count). The zero-order valence-electron chi connectivity index (χ0n) is 16.3. The lowest BCUT2D eigenvalue weighted by Crippen LogP contribution is -2.53. The van der Waals surface area contributed by atoms with Crippen LogP contribution in [0, 0.1) is 13.8 Å². The molecule has 0 aliphatic carbocycles. The number of carbonyl (C=O) groups excluding carboxylic acids is 2. The smallest absolute Gasteiger partial charge is 0.265 e. The number of fused-ring (bicyclic) bond motifs is 1. The number of aromatic nitrogens is 1. The minimum Gasteiger partial charge on any atom is -0.476 e. The predicted octanol–water partition coefficient (Wildman–Crippen LogP) is 2.64. The Labute approximate surface area is 164 Å². The number of piperidine rings is 1. The maximum absolute atomic E-state index is 13.2. The molecule has 0 spiro atoms. The molecule has 0 unspecified atom stereocenters. The first-order valence-corrected chi connectivity index (χ1v) is 9.81. The summed E-state index contributed by atoms with van der Waals surface area (Å²) in [4.78, 5) is 29.7. The highest BCUT2D eigenvalue weighted by Gasteiger charge is 2.36. The largest absolute Gasteiger partial charge is 0.476 e. The van der Waals surface area contributed by atoms with E-state index in [0.717, 1.165) is 37.9 Å². The van der Waals surface area contributed by atoms with E-state index in [1.807, 2.05) is 30.0 Å². The van der Waals surface area contributed by atoms with Crippen molar-refractivity contribution in [3.8, 4) is 5.75 Å². The van der Waals surface area contributed by atoms with Crippen LogP contribution in [-0.2, 0) is 16.0 Å². The molecule has 1 aromatic carbocycles. The number of carbonyl (C=O) groups is 2. The summed E-state index contributed by atoms with van der Waals surface area (Å²) in [5.41, 5.74) is 2.21. The fraction of sp³-hybridized carbons (Fsp3) is 0.476. The molecule has 0 radical (unpaired) electrons. The first-order valence-electron chi connectivity index (χ1n) is 9.81. The van der Waals surface area contributed by atoms with Gasteiger partial charge in [0.25, 0.3) is 5.91 Å². The minimum absolute atomic E-state index is 0.0376. The molecule has 148 valence electrons. The molecule has 0 saturated carbocycles. The van der Waals surface area contributed by atoms with Gasteiger partial charge in [0.2, 0.25) is 5.91 Å². The molecule has 1 atom stereocenters. The number of likely N-dealkylation sites (tertiary alicyclic amines) is 1. The molecule has 0 N–H and O–H groups in total. The van der Waals surface area contributed by atoms with Crippen LogP contribution in [0.3, 0.4) is 0 Å². The number of nitrogens with zero attached hydrogens (tertiary/aromatic N) is 3. The average Bonchev–Trinajstić information content (AvgIpc) is 3.05. The second-order valence-electron chi connectivity index (χ2n) is 7.44. The van der Waals surface area contributed by atoms with Gasteiger partial charge in [-0.1, -0.05) is 17.3 Å². The second kappa shape index (κ2) is 7.66. The summed E-state index contributed by atoms with van der Waals surface area (Å²) in [6.07, 6.45) is 2.69. The molecule has 2 aliphatic heterocycles. The van der Waals surface area contributed by atoms with Crippen LogP contribution in [0.1, 0.15) is 36.3 Å². The summed E-state index contributed by atoms with van der Waals surface area (Å²) < 4.78 is 11.2. The molecular formula is C21H25N3O4. The van der Waals surface area contributed by atoms with Crippen molar-refractivity contribution in [3.63, 3.8) is 0 Å². The highest BCUT2D eigenvalue weighted by Crippen LogP contribution is 2.34. The Bertz CT molecular complexity index is 866. The normalized spacial score (nSPS) is 19.1. The minimum atomic E-state index is -0.679. The van der Waals surface area contributed by atoms with Crippen LogP contribution in [0.4, 0.5) is 5.69 Å². The van der Waals surface area contributed by atoms with E-state index in [1.165, 1.54) is 0 Å². The monoisotopic (exact) mass is 383 g/mol. The van der Waals surface area contributed by atoms with Crippen molar-refractivity contribution >= 4 is 17.5 Å². The van der Waals surface area contributed by atoms with Crippen molar-refractivity contribution in [1.29, 1.82) is 0 Å². The van der Waals surface area contributed by atoms with Crippen LogP contribution in [0.2, 0.25) is 0 Å². The molecule has 2 amide bonds. The third kappa shape index (κ3) is 3.48. The van der Waals surface area contributed by atoms with Crippen molar-refractivity contribution in [2.45, 2.75) is 45.6 Å². The SMILES string of the molecule is Cc1noc(C)c1CC(=O)N1C[C@H](C(=O)N2CCCCC2)Oc2ccccc21. The van der Waals surface area contributed by atoms with E-state index in [4.69, 9.17) is 9.26 Å². The predicted molar refractivity (Wildman–Crippen MR) is 103 cm³/mol. The van der Waals surface area contributed by atoms with Gasteiger partial charge in [-0.2, -0.15) is 0 Å². The van der Waals surface area contributed by atoms with Crippen molar-refractivity contribution in [1.82, 2.24) is 10.1 Å². The molecule has 1 fully saturated rings. The van der Waals surface area contributed by atoms with E-state index in [2.05, 4.69) is 5.16 Å². The maximum atomic E-state index is 13.2. The Hall–Kier alpha value is -2.83. The first-order chi connectivity index (χ1) is 13.5. The number of amides is 2. The zero-order chi connectivity index (χ0) is 19.7. The summed E-state index contributed by atoms with van der Waals surface area (Å²) in [5, 5.41) is 3.93. The van der Waals surface area contributed by atoms with Gasteiger partial charge < -0.3 is 19.1 Å². The average molecular weight is 383 g/mol. The number of hydrogen-bond donors (Lipinski definition) is 0. The number of anilines is 1. The summed E-state index contributed by atoms with van der Waals surface area (Å²) in [7, 11) is 0. The van der Waals surface area contributed by atoms with E-state index in [9.17, 15) is 9.59 Å². The van der Waals surface area contributed by atoms with Crippen LogP contribution in [0.15, 0.2) is 28.8 Å². The summed E-state index contributed by atoms with van der Waals surface area (Å²) >= 11 is 0. The molecule has 1 aromatic heterocycles. The van der Waals surface area contributed by atoms with Crippen LogP contribution >= 0.6 is 0 Å². The lowest BCUT2D eigenvalue weighted by atomic mass is 10.1. The Morgan fingerprint density at radius 1 is 1.14 bits per heavy atom. The third-order valence-corrected chi connectivity index (χ3v) is 5.53. The Morgan fingerprint density at radius 3 is 2.61 bits per heavy atom. The summed E-state index contributed by atoms with van der Waals surface area (Å²) in [5.74, 6) is 1.08. The fourth-order valence-corrected chi connectivity index (χ4v) is 3.92. The van der Waals surface area contributed by atoms with E-state index < -0.39 is 6.10 Å². The molecule has 28 heavy (non-hydrogen) atoms. The zero-order valence-corrected chi connectivity index (χ0v) is 16.3. The van der Waals surface area contributed by atoms with Crippen molar-refractivity contribution < 1.29 is 18.8 Å². The van der Waals surface area contributed by atoms with Crippen LogP contribution in [0.25, 0.3) is 0 Å². The Kier molecular flexibility index (Phi) is 5.07. The molecule has 2 aromatic rings. The molecule has 7 heteroatoms. The Balaban J connectivity index is 1.58. The Morgan fingerprint density at radius 2 is 1.89 bits per heavy atom. The van der Waals surface area contributed by atoms with E-state index >= 15 is 0 Å². The van der Waals surface area contributed by atoms with Gasteiger partial charge in [-0.15, -0.1) is 0 Å². The molecule has 3 heterocycles. The lowest BCUT2D eigenvalue weighted by Gasteiger charge is -2.37. The van der Waals surface area contributed by atoms with Crippen molar-refractivity contribution in [2.24, 2.45) is 0 Å². The number of ether oxygens (including phenoxy) is 1. The molecule has 1 saturated heterocycles. The molecule has 7 nitrogen and oxygen atoms in total. The maximum Gasteiger partial charge on any atom is 0.265 e. The van der Waals surface area contributed by atoms with Gasteiger partial charge in [0.15, 0.2) is 6.10 Å². The third-order valence-electron chi connectivity index (χ3n) is 5.53. The van der Waals surface area contributed by atoms with E-state index in [-0.39, 0.29) is 24.8 Å². The van der Waals surface area contributed by atoms with Crippen molar-refractivity contribution in [3.05, 3.63) is 41.3 Å². The van der Waals surface area contributed by atoms with E-state index in [0.29, 0.717) is 22.9 Å². The van der Waals surface area contributed by atoms with Gasteiger partial charge in [0.1, 0.15) is 11.5 Å². The van der Waals surface area contributed by atoms with Crippen LogP contribution in [0.5, 0.6) is 5.75 Å². The van der Waals surface area contributed by atoms with Crippen LogP contribution < -0.4 is 9.64 Å². The summed E-state index contributed by atoms with van der Waals surface area (Å²) in [6.45, 7) is 5.36. The highest BCUT2D eigenvalue weighted by molar-refractivity contribution is 5.98. The van der Waals surface area contributed by atoms with Gasteiger partial charge in [-0.05, 0) is 45.2 Å².